The number of ether oxygens (including phenoxy) is 2. The number of rotatable bonds is 7. The van der Waals surface area contributed by atoms with Gasteiger partial charge in [-0.1, -0.05) is 24.6 Å². The van der Waals surface area contributed by atoms with Crippen molar-refractivity contribution in [2.24, 2.45) is 0 Å². The van der Waals surface area contributed by atoms with Crippen LogP contribution in [0.2, 0.25) is 0 Å². The molecule has 1 N–H and O–H groups in total. The Morgan fingerprint density at radius 3 is 2.65 bits per heavy atom. The number of benzene rings is 1. The van der Waals surface area contributed by atoms with Gasteiger partial charge in [-0.2, -0.15) is 0 Å². The average molecular weight is 237 g/mol. The van der Waals surface area contributed by atoms with Crippen molar-refractivity contribution in [2.45, 2.75) is 32.9 Å². The van der Waals surface area contributed by atoms with E-state index >= 15 is 0 Å². The standard InChI is InChI=1S/C14H23NO2/c1-5-13(10-16-3)15-9-12-8-11(2)6-7-14(12)17-4/h6-8,13,15H,5,9-10H2,1-4H3. The van der Waals surface area contributed by atoms with Crippen LogP contribution in [0.15, 0.2) is 18.2 Å². The van der Waals surface area contributed by atoms with Crippen LogP contribution in [0.4, 0.5) is 0 Å². The van der Waals surface area contributed by atoms with Crippen LogP contribution in [0, 0.1) is 6.92 Å². The fourth-order valence-corrected chi connectivity index (χ4v) is 1.82. The number of methoxy groups -OCH3 is 2. The Bertz CT molecular complexity index is 339. The molecule has 96 valence electrons. The zero-order valence-corrected chi connectivity index (χ0v) is 11.2. The van der Waals surface area contributed by atoms with Crippen LogP contribution in [-0.4, -0.2) is 26.9 Å². The summed E-state index contributed by atoms with van der Waals surface area (Å²) < 4.78 is 10.5. The molecule has 0 heterocycles. The molecule has 3 heteroatoms. The third-order valence-electron chi connectivity index (χ3n) is 2.88. The van der Waals surface area contributed by atoms with Gasteiger partial charge < -0.3 is 14.8 Å². The molecule has 0 aliphatic carbocycles. The summed E-state index contributed by atoms with van der Waals surface area (Å²) in [7, 11) is 3.44. The van der Waals surface area contributed by atoms with E-state index in [0.29, 0.717) is 6.04 Å². The van der Waals surface area contributed by atoms with E-state index < -0.39 is 0 Å². The predicted molar refractivity (Wildman–Crippen MR) is 70.5 cm³/mol. The zero-order valence-electron chi connectivity index (χ0n) is 11.2. The van der Waals surface area contributed by atoms with E-state index in [4.69, 9.17) is 9.47 Å². The second kappa shape index (κ2) is 7.30. The number of nitrogens with one attached hydrogen (secondary N) is 1. The summed E-state index contributed by atoms with van der Waals surface area (Å²) in [5, 5.41) is 3.48. The molecule has 0 radical (unpaired) electrons. The molecule has 1 rings (SSSR count). The van der Waals surface area contributed by atoms with Gasteiger partial charge in [-0.3, -0.25) is 0 Å². The van der Waals surface area contributed by atoms with Gasteiger partial charge in [0.1, 0.15) is 5.75 Å². The molecule has 0 aliphatic rings. The molecule has 0 spiro atoms. The van der Waals surface area contributed by atoms with E-state index in [1.165, 1.54) is 11.1 Å². The highest BCUT2D eigenvalue weighted by molar-refractivity contribution is 5.36. The fraction of sp³-hybridized carbons (Fsp3) is 0.571. The molecule has 1 atom stereocenters. The highest BCUT2D eigenvalue weighted by Gasteiger charge is 2.07. The Morgan fingerprint density at radius 1 is 1.29 bits per heavy atom. The maximum Gasteiger partial charge on any atom is 0.123 e. The van der Waals surface area contributed by atoms with Gasteiger partial charge in [0.25, 0.3) is 0 Å². The summed E-state index contributed by atoms with van der Waals surface area (Å²) >= 11 is 0. The normalized spacial score (nSPS) is 12.5. The number of aryl methyl sites for hydroxylation is 1. The minimum Gasteiger partial charge on any atom is -0.496 e. The molecule has 0 aromatic heterocycles. The van der Waals surface area contributed by atoms with Gasteiger partial charge in [-0.15, -0.1) is 0 Å². The first-order valence-electron chi connectivity index (χ1n) is 6.07. The minimum atomic E-state index is 0.394. The largest absolute Gasteiger partial charge is 0.496 e. The Morgan fingerprint density at radius 2 is 2.06 bits per heavy atom. The number of hydrogen-bond acceptors (Lipinski definition) is 3. The Balaban J connectivity index is 2.63. The van der Waals surface area contributed by atoms with Crippen LogP contribution < -0.4 is 10.1 Å². The van der Waals surface area contributed by atoms with E-state index in [2.05, 4.69) is 31.3 Å². The summed E-state index contributed by atoms with van der Waals surface area (Å²) in [6.45, 7) is 5.80. The molecule has 0 saturated heterocycles. The molecular formula is C14H23NO2. The Hall–Kier alpha value is -1.06. The second-order valence-electron chi connectivity index (χ2n) is 4.26. The molecule has 1 unspecified atom stereocenters. The topological polar surface area (TPSA) is 30.5 Å². The first-order chi connectivity index (χ1) is 8.21. The van der Waals surface area contributed by atoms with Gasteiger partial charge in [-0.05, 0) is 19.4 Å². The van der Waals surface area contributed by atoms with E-state index in [1.54, 1.807) is 14.2 Å². The van der Waals surface area contributed by atoms with Crippen molar-refractivity contribution in [3.8, 4) is 5.75 Å². The first-order valence-corrected chi connectivity index (χ1v) is 6.07. The van der Waals surface area contributed by atoms with Crippen molar-refractivity contribution in [3.05, 3.63) is 29.3 Å². The molecule has 3 nitrogen and oxygen atoms in total. The lowest BCUT2D eigenvalue weighted by molar-refractivity contribution is 0.163. The molecule has 0 aliphatic heterocycles. The van der Waals surface area contributed by atoms with Gasteiger partial charge in [-0.25, -0.2) is 0 Å². The van der Waals surface area contributed by atoms with Crippen molar-refractivity contribution in [1.82, 2.24) is 5.32 Å². The van der Waals surface area contributed by atoms with Gasteiger partial charge in [0.05, 0.1) is 13.7 Å². The summed E-state index contributed by atoms with van der Waals surface area (Å²) in [5.41, 5.74) is 2.45. The molecule has 0 saturated carbocycles. The average Bonchev–Trinajstić information content (AvgIpc) is 2.34. The monoisotopic (exact) mass is 237 g/mol. The summed E-state index contributed by atoms with van der Waals surface area (Å²) in [5.74, 6) is 0.940. The van der Waals surface area contributed by atoms with Crippen molar-refractivity contribution >= 4 is 0 Å². The van der Waals surface area contributed by atoms with Gasteiger partial charge in [0.2, 0.25) is 0 Å². The van der Waals surface area contributed by atoms with Crippen molar-refractivity contribution < 1.29 is 9.47 Å². The highest BCUT2D eigenvalue weighted by atomic mass is 16.5. The van der Waals surface area contributed by atoms with E-state index in [9.17, 15) is 0 Å². The lowest BCUT2D eigenvalue weighted by Gasteiger charge is -2.17. The van der Waals surface area contributed by atoms with Crippen LogP contribution in [-0.2, 0) is 11.3 Å². The SMILES string of the molecule is CCC(COC)NCc1cc(C)ccc1OC. The third-order valence-corrected chi connectivity index (χ3v) is 2.88. The van der Waals surface area contributed by atoms with Crippen LogP contribution in [0.5, 0.6) is 5.75 Å². The Kier molecular flexibility index (Phi) is 6.01. The summed E-state index contributed by atoms with van der Waals surface area (Å²) in [6, 6.07) is 6.63. The van der Waals surface area contributed by atoms with Crippen molar-refractivity contribution in [3.63, 3.8) is 0 Å². The van der Waals surface area contributed by atoms with Crippen LogP contribution in [0.1, 0.15) is 24.5 Å². The van der Waals surface area contributed by atoms with Gasteiger partial charge in [0.15, 0.2) is 0 Å². The molecule has 1 aromatic carbocycles. The van der Waals surface area contributed by atoms with Gasteiger partial charge in [0, 0.05) is 25.3 Å². The van der Waals surface area contributed by atoms with E-state index in [0.717, 1.165) is 25.3 Å². The molecular weight excluding hydrogens is 214 g/mol. The summed E-state index contributed by atoms with van der Waals surface area (Å²) in [6.07, 6.45) is 1.06. The lowest BCUT2D eigenvalue weighted by atomic mass is 10.1. The smallest absolute Gasteiger partial charge is 0.123 e. The predicted octanol–water partition coefficient (Wildman–Crippen LogP) is 2.52. The molecule has 17 heavy (non-hydrogen) atoms. The second-order valence-corrected chi connectivity index (χ2v) is 4.26. The number of hydrogen-bond donors (Lipinski definition) is 1. The first kappa shape index (κ1) is 14.0. The van der Waals surface area contributed by atoms with Crippen molar-refractivity contribution in [1.29, 1.82) is 0 Å². The zero-order chi connectivity index (χ0) is 12.7. The van der Waals surface area contributed by atoms with Crippen LogP contribution in [0.25, 0.3) is 0 Å². The van der Waals surface area contributed by atoms with E-state index in [1.807, 2.05) is 6.07 Å². The fourth-order valence-electron chi connectivity index (χ4n) is 1.82. The molecule has 1 aromatic rings. The van der Waals surface area contributed by atoms with Crippen LogP contribution >= 0.6 is 0 Å². The Labute approximate surface area is 104 Å². The molecule has 0 bridgehead atoms. The highest BCUT2D eigenvalue weighted by Crippen LogP contribution is 2.19. The maximum atomic E-state index is 5.35. The van der Waals surface area contributed by atoms with Crippen LogP contribution in [0.3, 0.4) is 0 Å². The quantitative estimate of drug-likeness (QED) is 0.790. The molecule has 0 fully saturated rings. The molecule has 0 amide bonds. The lowest BCUT2D eigenvalue weighted by Crippen LogP contribution is -2.32. The van der Waals surface area contributed by atoms with E-state index in [-0.39, 0.29) is 0 Å². The van der Waals surface area contributed by atoms with Gasteiger partial charge >= 0.3 is 0 Å². The third kappa shape index (κ3) is 4.36. The minimum absolute atomic E-state index is 0.394. The summed E-state index contributed by atoms with van der Waals surface area (Å²) in [4.78, 5) is 0. The van der Waals surface area contributed by atoms with Crippen molar-refractivity contribution in [2.75, 3.05) is 20.8 Å². The maximum absolute atomic E-state index is 5.35.